The van der Waals surface area contributed by atoms with Gasteiger partial charge in [0, 0.05) is 18.7 Å². The number of benzene rings is 1. The maximum atomic E-state index is 12.6. The van der Waals surface area contributed by atoms with E-state index in [1.54, 1.807) is 0 Å². The molecule has 6 heteroatoms. The molecule has 1 rings (SSSR count). The predicted octanol–water partition coefficient (Wildman–Crippen LogP) is 3.62. The van der Waals surface area contributed by atoms with Gasteiger partial charge in [0.15, 0.2) is 0 Å². The lowest BCUT2D eigenvalue weighted by Crippen LogP contribution is -2.13. The van der Waals surface area contributed by atoms with Gasteiger partial charge in [-0.3, -0.25) is 0 Å². The Hall–Kier alpha value is -2.16. The molecule has 0 spiro atoms. The fraction of sp³-hybridized carbons (Fsp3) is 0.357. The van der Waals surface area contributed by atoms with Crippen molar-refractivity contribution in [1.82, 2.24) is 0 Å². The van der Waals surface area contributed by atoms with Crippen LogP contribution in [0.2, 0.25) is 0 Å². The largest absolute Gasteiger partial charge is 0.478 e. The van der Waals surface area contributed by atoms with Crippen LogP contribution in [0.1, 0.15) is 35.2 Å². The highest BCUT2D eigenvalue weighted by Crippen LogP contribution is 2.33. The van der Waals surface area contributed by atoms with Crippen LogP contribution in [0.3, 0.4) is 0 Å². The third-order valence-electron chi connectivity index (χ3n) is 2.63. The van der Waals surface area contributed by atoms with Crippen molar-refractivity contribution in [3.8, 4) is 12.3 Å². The van der Waals surface area contributed by atoms with Crippen LogP contribution in [0.5, 0.6) is 0 Å². The molecule has 0 radical (unpaired) electrons. The molecular weight excluding hydrogens is 271 g/mol. The third-order valence-corrected chi connectivity index (χ3v) is 2.63. The van der Waals surface area contributed by atoms with E-state index in [0.29, 0.717) is 18.7 Å². The minimum absolute atomic E-state index is 0.344. The van der Waals surface area contributed by atoms with E-state index in [9.17, 15) is 18.0 Å². The molecule has 0 aliphatic carbocycles. The summed E-state index contributed by atoms with van der Waals surface area (Å²) in [7, 11) is 0. The number of hydrogen-bond acceptors (Lipinski definition) is 2. The van der Waals surface area contributed by atoms with Gasteiger partial charge in [-0.25, -0.2) is 4.79 Å². The summed E-state index contributed by atoms with van der Waals surface area (Å²) in [5.74, 6) is 0.881. The Morgan fingerprint density at radius 1 is 1.35 bits per heavy atom. The quantitative estimate of drug-likeness (QED) is 0.620. The number of carbonyl (C=O) groups is 1. The number of alkyl halides is 3. The summed E-state index contributed by atoms with van der Waals surface area (Å²) < 4.78 is 37.9. The first kappa shape index (κ1) is 15.9. The van der Waals surface area contributed by atoms with Crippen LogP contribution < -0.4 is 5.32 Å². The molecule has 20 heavy (non-hydrogen) atoms. The highest BCUT2D eigenvalue weighted by molar-refractivity contribution is 5.91. The molecule has 1 aromatic rings. The van der Waals surface area contributed by atoms with Gasteiger partial charge in [0.2, 0.25) is 0 Å². The molecule has 2 N–H and O–H groups in total. The Balaban J connectivity index is 2.79. The smallest absolute Gasteiger partial charge is 0.417 e. The second kappa shape index (κ2) is 6.85. The van der Waals surface area contributed by atoms with E-state index in [1.807, 2.05) is 0 Å². The molecule has 0 amide bonds. The van der Waals surface area contributed by atoms with E-state index >= 15 is 0 Å². The Bertz CT molecular complexity index is 518. The summed E-state index contributed by atoms with van der Waals surface area (Å²) in [5.41, 5.74) is -1.56. The molecule has 1 aromatic carbocycles. The van der Waals surface area contributed by atoms with E-state index in [1.165, 1.54) is 6.07 Å². The number of carboxylic acid groups (broad SMARTS) is 1. The summed E-state index contributed by atoms with van der Waals surface area (Å²) in [5, 5.41) is 11.7. The molecule has 0 saturated heterocycles. The van der Waals surface area contributed by atoms with Crippen LogP contribution in [-0.4, -0.2) is 17.6 Å². The fourth-order valence-corrected chi connectivity index (χ4v) is 1.66. The molecule has 0 bridgehead atoms. The summed E-state index contributed by atoms with van der Waals surface area (Å²) >= 11 is 0. The fourth-order valence-electron chi connectivity index (χ4n) is 1.66. The Labute approximate surface area is 114 Å². The molecule has 0 aliphatic rings. The maximum Gasteiger partial charge on any atom is 0.417 e. The zero-order valence-electron chi connectivity index (χ0n) is 10.6. The van der Waals surface area contributed by atoms with Gasteiger partial charge in [0.25, 0.3) is 0 Å². The average Bonchev–Trinajstić information content (AvgIpc) is 2.37. The van der Waals surface area contributed by atoms with Crippen molar-refractivity contribution >= 4 is 11.7 Å². The highest BCUT2D eigenvalue weighted by Gasteiger charge is 2.35. The number of nitrogens with one attached hydrogen (secondary N) is 1. The molecule has 0 aliphatic heterocycles. The van der Waals surface area contributed by atoms with Crippen LogP contribution >= 0.6 is 0 Å². The van der Waals surface area contributed by atoms with Crippen molar-refractivity contribution in [1.29, 1.82) is 0 Å². The lowest BCUT2D eigenvalue weighted by molar-refractivity contribution is -0.138. The van der Waals surface area contributed by atoms with E-state index in [2.05, 4.69) is 11.2 Å². The van der Waals surface area contributed by atoms with Gasteiger partial charge >= 0.3 is 12.1 Å². The van der Waals surface area contributed by atoms with Crippen molar-refractivity contribution in [3.05, 3.63) is 29.3 Å². The van der Waals surface area contributed by atoms with Crippen molar-refractivity contribution in [3.63, 3.8) is 0 Å². The zero-order valence-corrected chi connectivity index (χ0v) is 10.6. The number of anilines is 1. The molecule has 0 aromatic heterocycles. The number of terminal acetylenes is 1. The number of rotatable bonds is 6. The molecule has 0 atom stereocenters. The molecular formula is C14H14F3NO2. The molecule has 0 unspecified atom stereocenters. The highest BCUT2D eigenvalue weighted by atomic mass is 19.4. The summed E-state index contributed by atoms with van der Waals surface area (Å²) in [4.78, 5) is 10.9. The monoisotopic (exact) mass is 285 g/mol. The predicted molar refractivity (Wildman–Crippen MR) is 69.6 cm³/mol. The Morgan fingerprint density at radius 3 is 2.60 bits per heavy atom. The molecule has 3 nitrogen and oxygen atoms in total. The standard InChI is InChI=1S/C14H14F3NO2/c1-2-3-4-5-8-18-10-6-7-12(14(15,16)17)11(9-10)13(19)20/h1,6-7,9,18H,3-5,8H2,(H,19,20). The number of halogens is 3. The summed E-state index contributed by atoms with van der Waals surface area (Å²) in [6, 6.07) is 2.98. The SMILES string of the molecule is C#CCCCCNc1ccc(C(F)(F)F)c(C(=O)O)c1. The number of unbranched alkanes of at least 4 members (excludes halogenated alkanes) is 2. The first-order valence-corrected chi connectivity index (χ1v) is 5.98. The van der Waals surface area contributed by atoms with Crippen molar-refractivity contribution in [2.75, 3.05) is 11.9 Å². The van der Waals surface area contributed by atoms with Crippen LogP contribution in [-0.2, 0) is 6.18 Å². The molecule has 0 fully saturated rings. The topological polar surface area (TPSA) is 49.3 Å². The van der Waals surface area contributed by atoms with Gasteiger partial charge in [-0.1, -0.05) is 0 Å². The van der Waals surface area contributed by atoms with Gasteiger partial charge < -0.3 is 10.4 Å². The molecule has 0 saturated carbocycles. The molecule has 0 heterocycles. The lowest BCUT2D eigenvalue weighted by atomic mass is 10.1. The first-order chi connectivity index (χ1) is 9.36. The zero-order chi connectivity index (χ0) is 15.2. The van der Waals surface area contributed by atoms with E-state index in [4.69, 9.17) is 11.5 Å². The summed E-state index contributed by atoms with van der Waals surface area (Å²) in [6.07, 6.45) is 2.60. The average molecular weight is 285 g/mol. The normalized spacial score (nSPS) is 10.9. The Morgan fingerprint density at radius 2 is 2.05 bits per heavy atom. The molecule has 108 valence electrons. The van der Waals surface area contributed by atoms with Crippen LogP contribution in [0.15, 0.2) is 18.2 Å². The van der Waals surface area contributed by atoms with Gasteiger partial charge in [-0.15, -0.1) is 12.3 Å². The number of aromatic carboxylic acids is 1. The lowest BCUT2D eigenvalue weighted by Gasteiger charge is -2.12. The van der Waals surface area contributed by atoms with E-state index < -0.39 is 23.3 Å². The van der Waals surface area contributed by atoms with Crippen LogP contribution in [0.4, 0.5) is 18.9 Å². The third kappa shape index (κ3) is 4.50. The second-order valence-electron chi connectivity index (χ2n) is 4.15. The maximum absolute atomic E-state index is 12.6. The van der Waals surface area contributed by atoms with E-state index in [-0.39, 0.29) is 0 Å². The van der Waals surface area contributed by atoms with Gasteiger partial charge in [-0.05, 0) is 31.0 Å². The van der Waals surface area contributed by atoms with Gasteiger partial charge in [-0.2, -0.15) is 13.2 Å². The minimum atomic E-state index is -4.68. The first-order valence-electron chi connectivity index (χ1n) is 5.98. The van der Waals surface area contributed by atoms with Crippen molar-refractivity contribution in [2.45, 2.75) is 25.4 Å². The Kier molecular flexibility index (Phi) is 5.44. The second-order valence-corrected chi connectivity index (χ2v) is 4.15. The number of carboxylic acids is 1. The van der Waals surface area contributed by atoms with Gasteiger partial charge in [0.05, 0.1) is 11.1 Å². The van der Waals surface area contributed by atoms with Crippen molar-refractivity contribution in [2.24, 2.45) is 0 Å². The summed E-state index contributed by atoms with van der Waals surface area (Å²) in [6.45, 7) is 0.520. The number of hydrogen-bond donors (Lipinski definition) is 2. The van der Waals surface area contributed by atoms with Crippen molar-refractivity contribution < 1.29 is 23.1 Å². The van der Waals surface area contributed by atoms with Crippen LogP contribution in [0.25, 0.3) is 0 Å². The minimum Gasteiger partial charge on any atom is -0.478 e. The van der Waals surface area contributed by atoms with Crippen LogP contribution in [0, 0.1) is 12.3 Å². The van der Waals surface area contributed by atoms with Gasteiger partial charge in [0.1, 0.15) is 0 Å². The van der Waals surface area contributed by atoms with E-state index in [0.717, 1.165) is 25.0 Å².